The topological polar surface area (TPSA) is 13.1 Å². The van der Waals surface area contributed by atoms with Crippen LogP contribution in [0.15, 0.2) is 174 Å². The van der Waals surface area contributed by atoms with Crippen molar-refractivity contribution >= 4 is 54.3 Å². The van der Waals surface area contributed by atoms with Crippen LogP contribution >= 0.6 is 0 Å². The smallest absolute Gasteiger partial charge is 0.143 e. The Balaban J connectivity index is 1.39. The van der Waals surface area contributed by atoms with E-state index in [9.17, 15) is 16.4 Å². The lowest BCUT2D eigenvalue weighted by Crippen LogP contribution is -2.14. The largest absolute Gasteiger partial charge is 0.455 e. The molecule has 11 rings (SSSR count). The molecular formula is C51H34O. The Morgan fingerprint density at radius 3 is 1.73 bits per heavy atom. The molecule has 0 fully saturated rings. The molecule has 0 aliphatic heterocycles. The van der Waals surface area contributed by atoms with Gasteiger partial charge in [0.25, 0.3) is 0 Å². The third-order valence-electron chi connectivity index (χ3n) is 9.50. The number of rotatable bonds is 3. The molecule has 9 aromatic carbocycles. The predicted molar refractivity (Wildman–Crippen MR) is 220 cm³/mol. The Morgan fingerprint density at radius 2 is 0.981 bits per heavy atom. The van der Waals surface area contributed by atoms with E-state index in [2.05, 4.69) is 0 Å². The van der Waals surface area contributed by atoms with Crippen molar-refractivity contribution in [3.8, 4) is 44.5 Å². The summed E-state index contributed by atoms with van der Waals surface area (Å²) in [5.41, 5.74) is -7.82. The van der Waals surface area contributed by atoms with Crippen molar-refractivity contribution < 1.29 is 42.8 Å². The minimum absolute atomic E-state index is 0.0698. The highest BCUT2D eigenvalue weighted by Gasteiger charge is 2.36. The zero-order valence-corrected chi connectivity index (χ0v) is 26.9. The van der Waals surface area contributed by atoms with Gasteiger partial charge in [-0.15, -0.1) is 0 Å². The molecule has 0 atom stereocenters. The molecule has 0 saturated carbocycles. The lowest BCUT2D eigenvalue weighted by molar-refractivity contribution is 0.660. The molecule has 52 heavy (non-hydrogen) atoms. The fraction of sp³-hybridized carbons (Fsp3) is 0.0588. The molecule has 0 bridgehead atoms. The number of benzene rings is 9. The second-order valence-electron chi connectivity index (χ2n) is 12.6. The molecule has 0 saturated heterocycles. The summed E-state index contributed by atoms with van der Waals surface area (Å²) in [5, 5.41) is -4.85. The van der Waals surface area contributed by atoms with Gasteiger partial charge in [-0.25, -0.2) is 0 Å². The van der Waals surface area contributed by atoms with Crippen LogP contribution < -0.4 is 0 Å². The van der Waals surface area contributed by atoms with Crippen LogP contribution in [0.3, 0.4) is 0 Å². The summed E-state index contributed by atoms with van der Waals surface area (Å²) in [4.78, 5) is 0. The van der Waals surface area contributed by atoms with Gasteiger partial charge in [0.05, 0.1) is 38.4 Å². The fourth-order valence-electron chi connectivity index (χ4n) is 7.16. The number of hydrogen-bond acceptors (Lipinski definition) is 1. The van der Waals surface area contributed by atoms with E-state index in [0.29, 0.717) is 0 Å². The van der Waals surface area contributed by atoms with Crippen LogP contribution in [0.25, 0.3) is 98.8 Å². The van der Waals surface area contributed by atoms with E-state index in [1.54, 1.807) is 0 Å². The van der Waals surface area contributed by atoms with Gasteiger partial charge in [0.1, 0.15) is 11.2 Å². The van der Waals surface area contributed by atoms with Gasteiger partial charge >= 0.3 is 0 Å². The van der Waals surface area contributed by atoms with Gasteiger partial charge in [-0.1, -0.05) is 159 Å². The molecule has 0 amide bonds. The summed E-state index contributed by atoms with van der Waals surface area (Å²) >= 11 is 0. The average molecular weight is 691 g/mol. The Bertz CT molecular complexity index is 4630. The van der Waals surface area contributed by atoms with Crippen molar-refractivity contribution in [3.05, 3.63) is 180 Å². The third kappa shape index (κ3) is 4.05. The molecule has 10 aromatic rings. The van der Waals surface area contributed by atoms with Crippen LogP contribution in [-0.4, -0.2) is 0 Å². The van der Waals surface area contributed by atoms with E-state index in [1.807, 2.05) is 0 Å². The predicted octanol–water partition coefficient (Wildman–Crippen LogP) is 14.4. The molecule has 1 nitrogen and oxygen atoms in total. The summed E-state index contributed by atoms with van der Waals surface area (Å²) < 4.78 is 263. The van der Waals surface area contributed by atoms with Gasteiger partial charge in [-0.2, -0.15) is 0 Å². The minimum Gasteiger partial charge on any atom is -0.455 e. The summed E-state index contributed by atoms with van der Waals surface area (Å²) in [6.07, 6.45) is 0. The van der Waals surface area contributed by atoms with E-state index < -0.39 is 262 Å². The number of furan rings is 1. The first-order valence-electron chi connectivity index (χ1n) is 29.9. The normalized spacial score (nSPS) is 20.9. The van der Waals surface area contributed by atoms with Crippen molar-refractivity contribution in [2.24, 2.45) is 0 Å². The molecule has 244 valence electrons. The van der Waals surface area contributed by atoms with Crippen LogP contribution in [0, 0.1) is 0 Å². The summed E-state index contributed by atoms with van der Waals surface area (Å²) in [6, 6.07) is -24.2. The van der Waals surface area contributed by atoms with E-state index in [4.69, 9.17) is 26.3 Å². The molecule has 0 N–H and O–H groups in total. The summed E-state index contributed by atoms with van der Waals surface area (Å²) in [7, 11) is 0. The maximum absolute atomic E-state index is 10.1. The van der Waals surface area contributed by atoms with Gasteiger partial charge < -0.3 is 4.42 Å². The SMILES string of the molecule is [2H]c1c([2H])c(-c2c([2H])c([2H])c([2H])c3c2-c2c([2H])c([2H])c([2H])c([2H])c2C3(C)C)c([2H])c(-c2c3c([2H])c([2H])c([2H])c([2H])c3c(-c3c([2H])c([2H])c4oc5c6c([2H])c([2H])c([2H])c([2H])c6c([2H])c([2H])c5c4c3[2H])c3c([2H])c([2H])c([2H])c([2H])c23)c1[2H]. The van der Waals surface area contributed by atoms with Crippen molar-refractivity contribution in [3.63, 3.8) is 0 Å². The van der Waals surface area contributed by atoms with Crippen LogP contribution in [0.4, 0.5) is 0 Å². The first-order valence-corrected chi connectivity index (χ1v) is 15.9. The number of hydrogen-bond donors (Lipinski definition) is 0. The minimum atomic E-state index is -1.53. The molecule has 1 aromatic heterocycles. The van der Waals surface area contributed by atoms with Crippen molar-refractivity contribution in [2.75, 3.05) is 0 Å². The summed E-state index contributed by atoms with van der Waals surface area (Å²) in [5.74, 6) is 0. The highest BCUT2D eigenvalue weighted by Crippen LogP contribution is 2.52. The van der Waals surface area contributed by atoms with E-state index in [-0.39, 0.29) is 22.3 Å². The lowest BCUT2D eigenvalue weighted by Gasteiger charge is -2.21. The summed E-state index contributed by atoms with van der Waals surface area (Å²) in [6.45, 7) is 3.01. The Labute approximate surface area is 341 Å². The Hall–Kier alpha value is -6.44. The monoisotopic (exact) mass is 690 g/mol. The van der Waals surface area contributed by atoms with Crippen LogP contribution in [0.1, 0.15) is 63.4 Å². The van der Waals surface area contributed by atoms with E-state index in [0.717, 1.165) is 0 Å². The van der Waals surface area contributed by atoms with Crippen LogP contribution in [-0.2, 0) is 5.41 Å². The van der Waals surface area contributed by atoms with Gasteiger partial charge in [0.2, 0.25) is 0 Å². The highest BCUT2D eigenvalue weighted by atomic mass is 16.3. The second kappa shape index (κ2) is 10.8. The van der Waals surface area contributed by atoms with Gasteiger partial charge in [-0.05, 0) is 107 Å². The molecule has 1 aliphatic rings. The Kier molecular flexibility index (Phi) is 2.69. The van der Waals surface area contributed by atoms with Crippen molar-refractivity contribution in [1.29, 1.82) is 0 Å². The first kappa shape index (κ1) is 13.0. The molecule has 0 spiro atoms. The zero-order chi connectivity index (χ0) is 58.9. The molecule has 1 aliphatic carbocycles. The average Bonchev–Trinajstić information content (AvgIpc) is 4.12. The van der Waals surface area contributed by atoms with Crippen molar-refractivity contribution in [2.45, 2.75) is 19.3 Å². The molecule has 0 unspecified atom stereocenters. The van der Waals surface area contributed by atoms with E-state index >= 15 is 0 Å². The maximum Gasteiger partial charge on any atom is 0.143 e. The molecule has 0 radical (unpaired) electrons. The third-order valence-corrected chi connectivity index (χ3v) is 9.50. The molecule has 1 heteroatoms. The maximum atomic E-state index is 10.1. The standard InChI is InChI=1S/C51H34O/c1-51(2)44-23-10-9-21-42(44)49-35(22-12-24-45(49)51)32-14-11-15-33(29-32)47-37-17-5-7-19-39(37)48(40-20-8-6-18-38(40)47)34-26-28-46-43(30-34)41-27-25-31-13-3-4-16-36(31)50(41)52-46/h3-30H,1-2H3/i3D,4D,5D,6D,7D,8D,9D,10D,11D,12D,13D,14D,15D,16D,17D,18D,19D,20D,21D,22D,23D,24D,25D,26D,27D,28D,29D,30D. The first-order chi connectivity index (χ1) is 37.2. The van der Waals surface area contributed by atoms with E-state index in [1.165, 1.54) is 13.8 Å². The quantitative estimate of drug-likeness (QED) is 0.168. The van der Waals surface area contributed by atoms with Crippen LogP contribution in [0.2, 0.25) is 0 Å². The van der Waals surface area contributed by atoms with Gasteiger partial charge in [-0.3, -0.25) is 0 Å². The van der Waals surface area contributed by atoms with Crippen LogP contribution in [0.5, 0.6) is 0 Å². The highest BCUT2D eigenvalue weighted by molar-refractivity contribution is 6.23. The fourth-order valence-corrected chi connectivity index (χ4v) is 7.16. The molecular weight excluding hydrogens is 629 g/mol. The lowest BCUT2D eigenvalue weighted by atomic mass is 9.82. The number of fused-ring (bicyclic) bond motifs is 10. The van der Waals surface area contributed by atoms with Gasteiger partial charge in [0, 0.05) is 21.6 Å². The Morgan fingerprint density at radius 1 is 0.404 bits per heavy atom. The second-order valence-corrected chi connectivity index (χ2v) is 12.6. The zero-order valence-electron chi connectivity index (χ0n) is 54.9. The molecule has 1 heterocycles. The van der Waals surface area contributed by atoms with Gasteiger partial charge in [0.15, 0.2) is 0 Å². The van der Waals surface area contributed by atoms with Crippen molar-refractivity contribution in [1.82, 2.24) is 0 Å².